The van der Waals surface area contributed by atoms with E-state index in [1.807, 2.05) is 26.0 Å². The van der Waals surface area contributed by atoms with Crippen molar-refractivity contribution < 1.29 is 27.4 Å². The van der Waals surface area contributed by atoms with Gasteiger partial charge in [-0.2, -0.15) is 18.3 Å². The number of nitrogens with zero attached hydrogens (tertiary/aromatic N) is 4. The van der Waals surface area contributed by atoms with Crippen molar-refractivity contribution in [2.45, 2.75) is 63.8 Å². The van der Waals surface area contributed by atoms with Crippen LogP contribution in [0.25, 0.3) is 5.65 Å². The molecule has 0 unspecified atom stereocenters. The summed E-state index contributed by atoms with van der Waals surface area (Å²) >= 11 is 0. The lowest BCUT2D eigenvalue weighted by Gasteiger charge is -2.36. The Kier molecular flexibility index (Phi) is 5.85. The molecule has 170 valence electrons. The fraction of sp³-hybridized carbons (Fsp3) is 0.667. The Bertz CT molecular complexity index is 953. The minimum absolute atomic E-state index is 0.0220. The first-order valence-corrected chi connectivity index (χ1v) is 10.6. The van der Waals surface area contributed by atoms with Crippen LogP contribution in [0.3, 0.4) is 0 Å². The Morgan fingerprint density at radius 1 is 1.19 bits per heavy atom. The van der Waals surface area contributed by atoms with Gasteiger partial charge >= 0.3 is 12.3 Å². The van der Waals surface area contributed by atoms with Crippen LogP contribution in [0.4, 0.5) is 18.0 Å². The van der Waals surface area contributed by atoms with Crippen LogP contribution in [0.1, 0.15) is 61.7 Å². The molecule has 1 saturated heterocycles. The van der Waals surface area contributed by atoms with E-state index < -0.39 is 24.3 Å². The largest absolute Gasteiger partial charge is 0.453 e. The number of hydrogen-bond donors (Lipinski definition) is 0. The van der Waals surface area contributed by atoms with Gasteiger partial charge in [-0.15, -0.1) is 0 Å². The summed E-state index contributed by atoms with van der Waals surface area (Å²) < 4.78 is 51.7. The number of methoxy groups -OCH3 is 1. The van der Waals surface area contributed by atoms with Crippen molar-refractivity contribution in [3.8, 4) is 0 Å². The van der Waals surface area contributed by atoms with Crippen LogP contribution in [-0.2, 0) is 9.47 Å². The second-order valence-corrected chi connectivity index (χ2v) is 8.56. The van der Waals surface area contributed by atoms with Crippen molar-refractivity contribution in [1.82, 2.24) is 19.5 Å². The van der Waals surface area contributed by atoms with Crippen molar-refractivity contribution in [3.05, 3.63) is 29.2 Å². The Hall–Kier alpha value is -2.36. The fourth-order valence-electron chi connectivity index (χ4n) is 4.69. The van der Waals surface area contributed by atoms with Crippen LogP contribution in [0, 0.1) is 12.8 Å². The highest BCUT2D eigenvalue weighted by Gasteiger charge is 2.42. The van der Waals surface area contributed by atoms with E-state index in [1.165, 1.54) is 7.11 Å². The monoisotopic (exact) mass is 440 g/mol. The van der Waals surface area contributed by atoms with Gasteiger partial charge in [0.1, 0.15) is 6.10 Å². The molecule has 4 rings (SSSR count). The first-order valence-electron chi connectivity index (χ1n) is 10.6. The van der Waals surface area contributed by atoms with E-state index in [0.29, 0.717) is 31.6 Å². The maximum atomic E-state index is 13.0. The number of morpholine rings is 1. The van der Waals surface area contributed by atoms with Crippen LogP contribution >= 0.6 is 0 Å². The Morgan fingerprint density at radius 2 is 1.90 bits per heavy atom. The molecule has 10 heteroatoms. The number of fused-ring (bicyclic) bond motifs is 1. The summed E-state index contributed by atoms with van der Waals surface area (Å²) in [5, 5.41) is 4.71. The van der Waals surface area contributed by atoms with Gasteiger partial charge in [-0.25, -0.2) is 14.3 Å². The summed E-state index contributed by atoms with van der Waals surface area (Å²) in [6.07, 6.45) is -3.99. The van der Waals surface area contributed by atoms with Gasteiger partial charge in [0, 0.05) is 17.7 Å². The lowest BCUT2D eigenvalue weighted by atomic mass is 9.80. The minimum atomic E-state index is -4.13. The topological polar surface area (TPSA) is 69.0 Å². The molecule has 2 aromatic heterocycles. The van der Waals surface area contributed by atoms with E-state index >= 15 is 0 Å². The molecule has 0 bridgehead atoms. The van der Waals surface area contributed by atoms with Crippen molar-refractivity contribution in [2.75, 3.05) is 20.2 Å². The molecule has 0 N–H and O–H groups in total. The summed E-state index contributed by atoms with van der Waals surface area (Å²) in [7, 11) is 1.35. The molecule has 0 radical (unpaired) electrons. The Balaban J connectivity index is 1.61. The highest BCUT2D eigenvalue weighted by Crippen LogP contribution is 2.42. The van der Waals surface area contributed by atoms with E-state index in [0.717, 1.165) is 17.1 Å². The number of rotatable bonds is 2. The molecule has 1 amide bonds. The maximum absolute atomic E-state index is 13.0. The lowest BCUT2D eigenvalue weighted by Crippen LogP contribution is -2.46. The average Bonchev–Trinajstić information content (AvgIpc) is 3.15. The van der Waals surface area contributed by atoms with E-state index in [1.54, 1.807) is 9.42 Å². The van der Waals surface area contributed by atoms with Gasteiger partial charge in [0.15, 0.2) is 5.65 Å². The molecule has 0 aromatic carbocycles. The fourth-order valence-corrected chi connectivity index (χ4v) is 4.69. The van der Waals surface area contributed by atoms with Crippen molar-refractivity contribution >= 4 is 11.7 Å². The molecule has 7 nitrogen and oxygen atoms in total. The molecule has 2 aromatic rings. The second kappa shape index (κ2) is 8.29. The predicted molar refractivity (Wildman–Crippen MR) is 106 cm³/mol. The molecule has 3 heterocycles. The zero-order valence-corrected chi connectivity index (χ0v) is 17.9. The quantitative estimate of drug-likeness (QED) is 0.692. The van der Waals surface area contributed by atoms with Crippen molar-refractivity contribution in [1.29, 1.82) is 0 Å². The standard InChI is InChI=1S/C21H27F3N4O3/c1-12-8-17(18-11-27(20(29)30-3)10-13(2)31-18)28-19(25-12)9-16(26-28)14-4-6-15(7-5-14)21(22,23)24/h8-9,13-15,18H,4-7,10-11H2,1-3H3/t13-,14-,15-,18-/m1/s1. The van der Waals surface area contributed by atoms with Crippen molar-refractivity contribution in [3.63, 3.8) is 0 Å². The zero-order valence-electron chi connectivity index (χ0n) is 17.9. The molecule has 1 aliphatic carbocycles. The molecular formula is C21H27F3N4O3. The Labute approximate surface area is 178 Å². The Morgan fingerprint density at radius 3 is 2.55 bits per heavy atom. The van der Waals surface area contributed by atoms with E-state index in [2.05, 4.69) is 4.98 Å². The minimum Gasteiger partial charge on any atom is -0.453 e. The lowest BCUT2D eigenvalue weighted by molar-refractivity contribution is -0.182. The third-order valence-corrected chi connectivity index (χ3v) is 6.23. The highest BCUT2D eigenvalue weighted by atomic mass is 19.4. The molecule has 1 aliphatic heterocycles. The van der Waals surface area contributed by atoms with Crippen LogP contribution in [0.5, 0.6) is 0 Å². The number of amides is 1. The summed E-state index contributed by atoms with van der Waals surface area (Å²) in [5.74, 6) is -1.25. The summed E-state index contributed by atoms with van der Waals surface area (Å²) in [6, 6.07) is 3.74. The van der Waals surface area contributed by atoms with Crippen LogP contribution in [0.2, 0.25) is 0 Å². The van der Waals surface area contributed by atoms with E-state index in [4.69, 9.17) is 14.6 Å². The average molecular weight is 440 g/mol. The van der Waals surface area contributed by atoms with Gasteiger partial charge in [0.25, 0.3) is 0 Å². The summed E-state index contributed by atoms with van der Waals surface area (Å²) in [4.78, 5) is 18.2. The summed E-state index contributed by atoms with van der Waals surface area (Å²) in [5.41, 5.74) is 2.93. The number of alkyl halides is 3. The molecule has 0 spiro atoms. The van der Waals surface area contributed by atoms with Gasteiger partial charge in [-0.1, -0.05) is 0 Å². The molecule has 2 fully saturated rings. The number of aryl methyl sites for hydroxylation is 1. The van der Waals surface area contributed by atoms with Gasteiger partial charge in [0.2, 0.25) is 0 Å². The SMILES string of the molecule is COC(=O)N1C[C@@H](C)O[C@@H](c2cc(C)nc3cc([C@H]4CC[C@H](C(F)(F)F)CC4)nn23)C1. The number of carbonyl (C=O) groups is 1. The first-order chi connectivity index (χ1) is 14.7. The van der Waals surface area contributed by atoms with E-state index in [-0.39, 0.29) is 24.9 Å². The van der Waals surface area contributed by atoms with Crippen LogP contribution in [-0.4, -0.2) is 58.1 Å². The normalized spacial score (nSPS) is 27.5. The van der Waals surface area contributed by atoms with Gasteiger partial charge in [-0.3, -0.25) is 0 Å². The highest BCUT2D eigenvalue weighted by molar-refractivity contribution is 5.67. The second-order valence-electron chi connectivity index (χ2n) is 8.56. The number of carbonyl (C=O) groups excluding carboxylic acids is 1. The van der Waals surface area contributed by atoms with Crippen LogP contribution < -0.4 is 0 Å². The molecule has 1 saturated carbocycles. The van der Waals surface area contributed by atoms with Crippen LogP contribution in [0.15, 0.2) is 12.1 Å². The molecule has 2 aliphatic rings. The molecule has 2 atom stereocenters. The number of ether oxygens (including phenoxy) is 2. The van der Waals surface area contributed by atoms with Crippen molar-refractivity contribution in [2.24, 2.45) is 5.92 Å². The third kappa shape index (κ3) is 4.49. The summed E-state index contributed by atoms with van der Waals surface area (Å²) in [6.45, 7) is 4.51. The number of halogens is 3. The maximum Gasteiger partial charge on any atom is 0.409 e. The third-order valence-electron chi connectivity index (χ3n) is 6.23. The zero-order chi connectivity index (χ0) is 22.3. The van der Waals surface area contributed by atoms with Gasteiger partial charge < -0.3 is 14.4 Å². The number of hydrogen-bond acceptors (Lipinski definition) is 5. The van der Waals surface area contributed by atoms with Gasteiger partial charge in [0.05, 0.1) is 43.6 Å². The number of aromatic nitrogens is 3. The van der Waals surface area contributed by atoms with E-state index in [9.17, 15) is 18.0 Å². The molecular weight excluding hydrogens is 413 g/mol. The van der Waals surface area contributed by atoms with Gasteiger partial charge in [-0.05, 0) is 45.6 Å². The predicted octanol–water partition coefficient (Wildman–Crippen LogP) is 4.40. The first kappa shape index (κ1) is 21.9. The smallest absolute Gasteiger partial charge is 0.409 e. The molecule has 31 heavy (non-hydrogen) atoms.